The minimum atomic E-state index is -0.0790. The van der Waals surface area contributed by atoms with Crippen molar-refractivity contribution in [3.05, 3.63) is 34.1 Å². The van der Waals surface area contributed by atoms with Gasteiger partial charge in [-0.1, -0.05) is 48.5 Å². The van der Waals surface area contributed by atoms with Crippen LogP contribution < -0.4 is 5.32 Å². The van der Waals surface area contributed by atoms with Crippen LogP contribution in [0, 0.1) is 11.7 Å². The average molecular weight is 342 g/mol. The zero-order valence-corrected chi connectivity index (χ0v) is 13.9. The fourth-order valence-corrected chi connectivity index (χ4v) is 3.73. The Kier molecular flexibility index (Phi) is 6.50. The van der Waals surface area contributed by atoms with E-state index in [9.17, 15) is 4.39 Å². The molecule has 0 aromatic heterocycles. The van der Waals surface area contributed by atoms with Gasteiger partial charge < -0.3 is 5.32 Å². The van der Waals surface area contributed by atoms with E-state index >= 15 is 0 Å². The van der Waals surface area contributed by atoms with E-state index < -0.39 is 0 Å². The molecule has 1 fully saturated rings. The lowest BCUT2D eigenvalue weighted by atomic mass is 9.87. The van der Waals surface area contributed by atoms with Crippen molar-refractivity contribution < 1.29 is 4.39 Å². The molecule has 1 nitrogen and oxygen atoms in total. The standard InChI is InChI=1S/C17H25BrFN/c1-2-20-17(13-7-5-3-4-6-8-13)12-14-11-15(18)9-10-16(14)19/h9-11,13,17,20H,2-8,12H2,1H3. The number of likely N-dealkylation sites (N-methyl/N-ethyl adjacent to an activating group) is 1. The zero-order valence-electron chi connectivity index (χ0n) is 12.3. The molecule has 112 valence electrons. The summed E-state index contributed by atoms with van der Waals surface area (Å²) < 4.78 is 14.9. The minimum Gasteiger partial charge on any atom is -0.314 e. The van der Waals surface area contributed by atoms with Crippen molar-refractivity contribution >= 4 is 15.9 Å². The summed E-state index contributed by atoms with van der Waals surface area (Å²) in [5.41, 5.74) is 0.828. The van der Waals surface area contributed by atoms with E-state index in [1.807, 2.05) is 6.07 Å². The van der Waals surface area contributed by atoms with Gasteiger partial charge in [0, 0.05) is 10.5 Å². The Bertz CT molecular complexity index is 413. The molecule has 0 amide bonds. The molecule has 2 rings (SSSR count). The summed E-state index contributed by atoms with van der Waals surface area (Å²) in [7, 11) is 0. The predicted octanol–water partition coefficient (Wildman–Crippen LogP) is 5.08. The van der Waals surface area contributed by atoms with Crippen molar-refractivity contribution in [3.8, 4) is 0 Å². The Morgan fingerprint density at radius 2 is 1.95 bits per heavy atom. The lowest BCUT2D eigenvalue weighted by molar-refractivity contribution is 0.319. The monoisotopic (exact) mass is 341 g/mol. The van der Waals surface area contributed by atoms with Gasteiger partial charge in [-0.2, -0.15) is 0 Å². The fraction of sp³-hybridized carbons (Fsp3) is 0.647. The highest BCUT2D eigenvalue weighted by atomic mass is 79.9. The zero-order chi connectivity index (χ0) is 14.4. The van der Waals surface area contributed by atoms with Gasteiger partial charge in [-0.3, -0.25) is 0 Å². The van der Waals surface area contributed by atoms with Crippen LogP contribution in [0.1, 0.15) is 51.0 Å². The molecule has 1 aliphatic rings. The highest BCUT2D eigenvalue weighted by Crippen LogP contribution is 2.28. The molecule has 1 aliphatic carbocycles. The number of halogens is 2. The van der Waals surface area contributed by atoms with Crippen molar-refractivity contribution in [2.45, 2.75) is 57.9 Å². The third-order valence-corrected chi connectivity index (χ3v) is 4.88. The Labute approximate surface area is 130 Å². The third kappa shape index (κ3) is 4.56. The van der Waals surface area contributed by atoms with Gasteiger partial charge in [0.1, 0.15) is 5.82 Å². The minimum absolute atomic E-state index is 0.0790. The molecule has 0 aliphatic heterocycles. The van der Waals surface area contributed by atoms with Crippen LogP contribution >= 0.6 is 15.9 Å². The SMILES string of the molecule is CCNC(Cc1cc(Br)ccc1F)C1CCCCCC1. The summed E-state index contributed by atoms with van der Waals surface area (Å²) in [6, 6.07) is 5.67. The number of benzene rings is 1. The molecule has 1 aromatic carbocycles. The van der Waals surface area contributed by atoms with Gasteiger partial charge >= 0.3 is 0 Å². The number of rotatable bonds is 5. The first-order valence-electron chi connectivity index (χ1n) is 7.88. The first-order chi connectivity index (χ1) is 9.70. The van der Waals surface area contributed by atoms with E-state index in [0.29, 0.717) is 12.0 Å². The van der Waals surface area contributed by atoms with Crippen LogP contribution in [0.4, 0.5) is 4.39 Å². The van der Waals surface area contributed by atoms with Crippen LogP contribution in [0.3, 0.4) is 0 Å². The molecule has 0 spiro atoms. The molecule has 0 radical (unpaired) electrons. The molecular weight excluding hydrogens is 317 g/mol. The van der Waals surface area contributed by atoms with Gasteiger partial charge in [0.2, 0.25) is 0 Å². The molecule has 1 unspecified atom stereocenters. The Hall–Kier alpha value is -0.410. The molecule has 1 aromatic rings. The normalized spacial score (nSPS) is 18.8. The fourth-order valence-electron chi connectivity index (χ4n) is 3.32. The van der Waals surface area contributed by atoms with E-state index in [-0.39, 0.29) is 5.82 Å². The first kappa shape index (κ1) is 16.0. The molecule has 0 saturated heterocycles. The quantitative estimate of drug-likeness (QED) is 0.736. The van der Waals surface area contributed by atoms with E-state index in [1.54, 1.807) is 12.1 Å². The second kappa shape index (κ2) is 8.14. The molecule has 1 N–H and O–H groups in total. The predicted molar refractivity (Wildman–Crippen MR) is 86.5 cm³/mol. The Morgan fingerprint density at radius 1 is 1.25 bits per heavy atom. The van der Waals surface area contributed by atoms with Crippen LogP contribution in [-0.2, 0) is 6.42 Å². The molecule has 3 heteroatoms. The van der Waals surface area contributed by atoms with Crippen LogP contribution in [0.5, 0.6) is 0 Å². The maximum absolute atomic E-state index is 14.0. The van der Waals surface area contributed by atoms with Crippen LogP contribution in [0.25, 0.3) is 0 Å². The topological polar surface area (TPSA) is 12.0 Å². The first-order valence-corrected chi connectivity index (χ1v) is 8.67. The van der Waals surface area contributed by atoms with Gasteiger partial charge in [-0.25, -0.2) is 4.39 Å². The van der Waals surface area contributed by atoms with Gasteiger partial charge in [0.25, 0.3) is 0 Å². The molecular formula is C17H25BrFN. The van der Waals surface area contributed by atoms with Gasteiger partial charge in [-0.05, 0) is 55.5 Å². The maximum Gasteiger partial charge on any atom is 0.126 e. The van der Waals surface area contributed by atoms with Crippen molar-refractivity contribution in [2.75, 3.05) is 6.54 Å². The lowest BCUT2D eigenvalue weighted by Gasteiger charge is -2.27. The lowest BCUT2D eigenvalue weighted by Crippen LogP contribution is -2.38. The van der Waals surface area contributed by atoms with E-state index in [1.165, 1.54) is 38.5 Å². The summed E-state index contributed by atoms with van der Waals surface area (Å²) in [5, 5.41) is 3.59. The van der Waals surface area contributed by atoms with Crippen molar-refractivity contribution in [1.82, 2.24) is 5.32 Å². The molecule has 1 saturated carbocycles. The van der Waals surface area contributed by atoms with Crippen LogP contribution in [-0.4, -0.2) is 12.6 Å². The third-order valence-electron chi connectivity index (χ3n) is 4.38. The van der Waals surface area contributed by atoms with Crippen molar-refractivity contribution in [2.24, 2.45) is 5.92 Å². The molecule has 0 bridgehead atoms. The molecule has 0 heterocycles. The number of hydrogen-bond donors (Lipinski definition) is 1. The highest BCUT2D eigenvalue weighted by molar-refractivity contribution is 9.10. The second-order valence-electron chi connectivity index (χ2n) is 5.86. The van der Waals surface area contributed by atoms with Crippen molar-refractivity contribution in [1.29, 1.82) is 0 Å². The summed E-state index contributed by atoms with van der Waals surface area (Å²) in [4.78, 5) is 0. The van der Waals surface area contributed by atoms with E-state index in [0.717, 1.165) is 23.0 Å². The Morgan fingerprint density at radius 3 is 2.60 bits per heavy atom. The molecule has 20 heavy (non-hydrogen) atoms. The largest absolute Gasteiger partial charge is 0.314 e. The highest BCUT2D eigenvalue weighted by Gasteiger charge is 2.23. The van der Waals surface area contributed by atoms with E-state index in [4.69, 9.17) is 0 Å². The van der Waals surface area contributed by atoms with Gasteiger partial charge in [-0.15, -0.1) is 0 Å². The van der Waals surface area contributed by atoms with Gasteiger partial charge in [0.05, 0.1) is 0 Å². The number of nitrogens with one attached hydrogen (secondary N) is 1. The summed E-state index contributed by atoms with van der Waals surface area (Å²) in [5.74, 6) is 0.612. The van der Waals surface area contributed by atoms with E-state index in [2.05, 4.69) is 28.2 Å². The Balaban J connectivity index is 2.09. The van der Waals surface area contributed by atoms with Crippen LogP contribution in [0.15, 0.2) is 22.7 Å². The summed E-state index contributed by atoms with van der Waals surface area (Å²) >= 11 is 3.45. The maximum atomic E-state index is 14.0. The molecule has 1 atom stereocenters. The summed E-state index contributed by atoms with van der Waals surface area (Å²) in [6.45, 7) is 3.09. The smallest absolute Gasteiger partial charge is 0.126 e. The van der Waals surface area contributed by atoms with Gasteiger partial charge in [0.15, 0.2) is 0 Å². The second-order valence-corrected chi connectivity index (χ2v) is 6.77. The average Bonchev–Trinajstić information content (AvgIpc) is 2.71. The van der Waals surface area contributed by atoms with Crippen molar-refractivity contribution in [3.63, 3.8) is 0 Å². The summed E-state index contributed by atoms with van der Waals surface area (Å²) in [6.07, 6.45) is 8.74. The number of hydrogen-bond acceptors (Lipinski definition) is 1. The van der Waals surface area contributed by atoms with Crippen LogP contribution in [0.2, 0.25) is 0 Å².